The Labute approximate surface area is 123 Å². The number of para-hydroxylation sites is 1. The third-order valence-electron chi connectivity index (χ3n) is 2.73. The molecule has 19 heavy (non-hydrogen) atoms. The van der Waals surface area contributed by atoms with Crippen molar-refractivity contribution in [3.05, 3.63) is 30.3 Å². The van der Waals surface area contributed by atoms with Crippen molar-refractivity contribution >= 4 is 21.6 Å². The number of ether oxygens (including phenoxy) is 2. The van der Waals surface area contributed by atoms with E-state index in [-0.39, 0.29) is 6.04 Å². The first-order valence-electron chi connectivity index (χ1n) is 6.48. The summed E-state index contributed by atoms with van der Waals surface area (Å²) in [7, 11) is 0. The summed E-state index contributed by atoms with van der Waals surface area (Å²) in [5, 5.41) is 13.8. The molecule has 2 unspecified atom stereocenters. The maximum absolute atomic E-state index is 10.6. The number of halogens is 1. The van der Waals surface area contributed by atoms with Gasteiger partial charge in [-0.25, -0.2) is 0 Å². The lowest BCUT2D eigenvalue weighted by molar-refractivity contribution is -0.202. The highest BCUT2D eigenvalue weighted by Gasteiger charge is 2.41. The van der Waals surface area contributed by atoms with Crippen LogP contribution in [0.4, 0.5) is 5.69 Å². The van der Waals surface area contributed by atoms with Crippen molar-refractivity contribution in [2.24, 2.45) is 0 Å². The average Bonchev–Trinajstić information content (AvgIpc) is 2.39. The Hall–Kier alpha value is -0.620. The van der Waals surface area contributed by atoms with E-state index in [9.17, 15) is 5.11 Å². The van der Waals surface area contributed by atoms with E-state index in [0.29, 0.717) is 13.2 Å². The van der Waals surface area contributed by atoms with Gasteiger partial charge in [-0.3, -0.25) is 0 Å². The number of rotatable bonds is 8. The third kappa shape index (κ3) is 4.76. The summed E-state index contributed by atoms with van der Waals surface area (Å²) in [4.78, 5) is 0. The summed E-state index contributed by atoms with van der Waals surface area (Å²) < 4.78 is 9.58. The molecular formula is C14H22BrNO3. The van der Waals surface area contributed by atoms with E-state index in [1.807, 2.05) is 51.1 Å². The van der Waals surface area contributed by atoms with Crippen LogP contribution in [0.3, 0.4) is 0 Å². The van der Waals surface area contributed by atoms with Crippen molar-refractivity contribution < 1.29 is 14.6 Å². The van der Waals surface area contributed by atoms with Gasteiger partial charge in [0.05, 0.1) is 6.04 Å². The average molecular weight is 332 g/mol. The van der Waals surface area contributed by atoms with Gasteiger partial charge < -0.3 is 19.9 Å². The number of aliphatic hydroxyl groups is 1. The van der Waals surface area contributed by atoms with Gasteiger partial charge in [0.25, 0.3) is 0 Å². The highest BCUT2D eigenvalue weighted by molar-refractivity contribution is 9.10. The summed E-state index contributed by atoms with van der Waals surface area (Å²) in [6.07, 6.45) is -0.728. The van der Waals surface area contributed by atoms with Crippen molar-refractivity contribution in [2.45, 2.75) is 37.6 Å². The summed E-state index contributed by atoms with van der Waals surface area (Å²) in [6.45, 7) is 6.54. The van der Waals surface area contributed by atoms with Crippen molar-refractivity contribution in [1.82, 2.24) is 0 Å². The Morgan fingerprint density at radius 2 is 1.74 bits per heavy atom. The molecule has 108 valence electrons. The van der Waals surface area contributed by atoms with Crippen LogP contribution in [0.15, 0.2) is 30.3 Å². The molecular weight excluding hydrogens is 310 g/mol. The number of hydrogen-bond acceptors (Lipinski definition) is 4. The van der Waals surface area contributed by atoms with Crippen molar-refractivity contribution in [3.8, 4) is 0 Å². The summed E-state index contributed by atoms with van der Waals surface area (Å²) in [5.41, 5.74) is 0.930. The molecule has 0 radical (unpaired) electrons. The van der Waals surface area contributed by atoms with E-state index in [2.05, 4.69) is 21.2 Å². The molecule has 1 aromatic carbocycles. The van der Waals surface area contributed by atoms with Gasteiger partial charge in [0.2, 0.25) is 0 Å². The molecule has 0 aromatic heterocycles. The molecule has 4 nitrogen and oxygen atoms in total. The Kier molecular flexibility index (Phi) is 6.79. The van der Waals surface area contributed by atoms with Gasteiger partial charge in [-0.15, -0.1) is 0 Å². The molecule has 0 aliphatic rings. The van der Waals surface area contributed by atoms with Crippen LogP contribution in [-0.4, -0.2) is 35.2 Å². The van der Waals surface area contributed by atoms with Gasteiger partial charge in [0, 0.05) is 18.9 Å². The highest BCUT2D eigenvalue weighted by atomic mass is 79.9. The predicted molar refractivity (Wildman–Crippen MR) is 80.4 cm³/mol. The van der Waals surface area contributed by atoms with E-state index >= 15 is 0 Å². The van der Waals surface area contributed by atoms with Crippen LogP contribution in [0.2, 0.25) is 0 Å². The second-order valence-electron chi connectivity index (χ2n) is 4.20. The molecule has 2 N–H and O–H groups in total. The SMILES string of the molecule is CCOC(OCC)C(O)(Br)C(C)Nc1ccccc1. The van der Waals surface area contributed by atoms with Crippen molar-refractivity contribution in [3.63, 3.8) is 0 Å². The molecule has 0 aliphatic heterocycles. The topological polar surface area (TPSA) is 50.7 Å². The molecule has 1 aromatic rings. The fraction of sp³-hybridized carbons (Fsp3) is 0.571. The molecule has 0 spiro atoms. The second-order valence-corrected chi connectivity index (χ2v) is 5.47. The predicted octanol–water partition coefficient (Wildman–Crippen LogP) is 2.97. The maximum atomic E-state index is 10.6. The number of nitrogens with one attached hydrogen (secondary N) is 1. The lowest BCUT2D eigenvalue weighted by Crippen LogP contribution is -2.51. The monoisotopic (exact) mass is 331 g/mol. The fourth-order valence-corrected chi connectivity index (χ4v) is 2.05. The zero-order chi connectivity index (χ0) is 14.3. The summed E-state index contributed by atoms with van der Waals surface area (Å²) in [5.74, 6) is 0. The first-order valence-corrected chi connectivity index (χ1v) is 7.27. The van der Waals surface area contributed by atoms with Gasteiger partial charge in [-0.05, 0) is 48.8 Å². The lowest BCUT2D eigenvalue weighted by atomic mass is 10.1. The Morgan fingerprint density at radius 1 is 1.21 bits per heavy atom. The molecule has 0 saturated heterocycles. The molecule has 2 atom stereocenters. The molecule has 0 bridgehead atoms. The molecule has 0 heterocycles. The zero-order valence-corrected chi connectivity index (χ0v) is 13.2. The molecule has 5 heteroatoms. The van der Waals surface area contributed by atoms with E-state index < -0.39 is 10.8 Å². The number of hydrogen-bond donors (Lipinski definition) is 2. The highest BCUT2D eigenvalue weighted by Crippen LogP contribution is 2.29. The summed E-state index contributed by atoms with van der Waals surface area (Å²) in [6, 6.07) is 9.40. The molecule has 0 saturated carbocycles. The smallest absolute Gasteiger partial charge is 0.198 e. The summed E-state index contributed by atoms with van der Waals surface area (Å²) >= 11 is 3.32. The van der Waals surface area contributed by atoms with Gasteiger partial charge in [-0.2, -0.15) is 0 Å². The van der Waals surface area contributed by atoms with Crippen LogP contribution in [-0.2, 0) is 9.47 Å². The number of anilines is 1. The van der Waals surface area contributed by atoms with Gasteiger partial charge in [0.15, 0.2) is 10.8 Å². The number of benzene rings is 1. The lowest BCUT2D eigenvalue weighted by Gasteiger charge is -2.35. The normalized spacial score (nSPS) is 16.1. The largest absolute Gasteiger partial charge is 0.379 e. The van der Waals surface area contributed by atoms with Crippen LogP contribution in [0.25, 0.3) is 0 Å². The Balaban J connectivity index is 2.73. The van der Waals surface area contributed by atoms with Crippen LogP contribution in [0.5, 0.6) is 0 Å². The van der Waals surface area contributed by atoms with Crippen LogP contribution < -0.4 is 5.32 Å². The van der Waals surface area contributed by atoms with Gasteiger partial charge >= 0.3 is 0 Å². The zero-order valence-electron chi connectivity index (χ0n) is 11.6. The minimum Gasteiger partial charge on any atom is -0.379 e. The van der Waals surface area contributed by atoms with E-state index in [4.69, 9.17) is 9.47 Å². The van der Waals surface area contributed by atoms with Crippen molar-refractivity contribution in [1.29, 1.82) is 0 Å². The van der Waals surface area contributed by atoms with Gasteiger partial charge in [-0.1, -0.05) is 18.2 Å². The van der Waals surface area contributed by atoms with Gasteiger partial charge in [0.1, 0.15) is 0 Å². The van der Waals surface area contributed by atoms with E-state index in [0.717, 1.165) is 5.69 Å². The Morgan fingerprint density at radius 3 is 2.21 bits per heavy atom. The van der Waals surface area contributed by atoms with Crippen LogP contribution in [0, 0.1) is 0 Å². The van der Waals surface area contributed by atoms with E-state index in [1.165, 1.54) is 0 Å². The first-order chi connectivity index (χ1) is 9.02. The minimum atomic E-state index is -1.31. The van der Waals surface area contributed by atoms with Crippen molar-refractivity contribution in [2.75, 3.05) is 18.5 Å². The molecule has 0 amide bonds. The second kappa shape index (κ2) is 7.85. The Bertz CT molecular complexity index is 353. The molecule has 0 aliphatic carbocycles. The van der Waals surface area contributed by atoms with E-state index in [1.54, 1.807) is 0 Å². The fourth-order valence-electron chi connectivity index (χ4n) is 1.67. The minimum absolute atomic E-state index is 0.294. The molecule has 1 rings (SSSR count). The standard InChI is InChI=1S/C14H22BrNO3/c1-4-18-13(19-5-2)14(15,17)11(3)16-12-9-7-6-8-10-12/h6-11,13,16-17H,4-5H2,1-3H3. The molecule has 0 fully saturated rings. The quantitative estimate of drug-likeness (QED) is 0.568. The number of alkyl halides is 1. The van der Waals surface area contributed by atoms with Crippen LogP contribution in [0.1, 0.15) is 20.8 Å². The maximum Gasteiger partial charge on any atom is 0.198 e. The van der Waals surface area contributed by atoms with Crippen LogP contribution >= 0.6 is 15.9 Å². The first kappa shape index (κ1) is 16.4. The third-order valence-corrected chi connectivity index (χ3v) is 3.79.